The van der Waals surface area contributed by atoms with Gasteiger partial charge in [-0.3, -0.25) is 9.36 Å². The predicted octanol–water partition coefficient (Wildman–Crippen LogP) is 1.94. The average molecular weight is 273 g/mol. The third-order valence-electron chi connectivity index (χ3n) is 2.17. The Hall–Kier alpha value is -1.36. The molecule has 0 aliphatic carbocycles. The van der Waals surface area contributed by atoms with E-state index in [0.717, 1.165) is 0 Å². The Morgan fingerprint density at radius 1 is 1.39 bits per heavy atom. The van der Waals surface area contributed by atoms with Gasteiger partial charge in [-0.15, -0.1) is 0 Å². The molecule has 1 unspecified atom stereocenters. The molecule has 1 aromatic rings. The molecular weight excluding hydrogens is 257 g/mol. The molecule has 0 fully saturated rings. The van der Waals surface area contributed by atoms with Crippen molar-refractivity contribution in [2.24, 2.45) is 0 Å². The van der Waals surface area contributed by atoms with E-state index >= 15 is 0 Å². The summed E-state index contributed by atoms with van der Waals surface area (Å²) in [7, 11) is -4.27. The first-order chi connectivity index (χ1) is 8.32. The number of carbonyl (C=O) groups excluding carboxylic acids is 1. The number of rotatable bonds is 5. The first-order valence-electron chi connectivity index (χ1n) is 5.42. The lowest BCUT2D eigenvalue weighted by atomic mass is 10.3. The van der Waals surface area contributed by atoms with E-state index in [2.05, 4.69) is 5.32 Å². The molecule has 0 aromatic heterocycles. The largest absolute Gasteiger partial charge is 0.478 e. The Bertz CT molecular complexity index is 453. The third kappa shape index (κ3) is 4.49. The van der Waals surface area contributed by atoms with E-state index in [0.29, 0.717) is 11.4 Å². The normalized spacial score (nSPS) is 12.9. The van der Waals surface area contributed by atoms with E-state index in [4.69, 9.17) is 14.5 Å². The van der Waals surface area contributed by atoms with E-state index in [1.54, 1.807) is 31.2 Å². The van der Waals surface area contributed by atoms with Crippen molar-refractivity contribution in [3.63, 3.8) is 0 Å². The third-order valence-corrected chi connectivity index (χ3v) is 3.39. The highest BCUT2D eigenvalue weighted by atomic mass is 31.2. The molecule has 1 amide bonds. The van der Waals surface area contributed by atoms with Gasteiger partial charge in [-0.05, 0) is 30.7 Å². The number of nitrogens with one attached hydrogen (secondary N) is 1. The molecule has 18 heavy (non-hydrogen) atoms. The molecule has 1 rings (SSSR count). The fourth-order valence-corrected chi connectivity index (χ4v) is 2.10. The molecule has 1 atom stereocenters. The summed E-state index contributed by atoms with van der Waals surface area (Å²) in [5.74, 6) is -0.992. The Kier molecular flexibility index (Phi) is 4.90. The molecule has 0 radical (unpaired) electrons. The molecule has 7 heteroatoms. The van der Waals surface area contributed by atoms with Crippen LogP contribution in [-0.2, 0) is 9.36 Å². The van der Waals surface area contributed by atoms with Crippen molar-refractivity contribution < 1.29 is 23.9 Å². The first kappa shape index (κ1) is 14.7. The Morgan fingerprint density at radius 3 is 2.33 bits per heavy atom. The molecule has 100 valence electrons. The van der Waals surface area contributed by atoms with Crippen molar-refractivity contribution in [3.8, 4) is 5.75 Å². The average Bonchev–Trinajstić information content (AvgIpc) is 2.25. The Balaban J connectivity index is 2.74. The SMILES string of the molecule is CCC(Oc1ccc(NC(C)=O)cc1)P(=O)(O)O. The van der Waals surface area contributed by atoms with Crippen LogP contribution in [0.25, 0.3) is 0 Å². The van der Waals surface area contributed by atoms with Crippen molar-refractivity contribution in [3.05, 3.63) is 24.3 Å². The second kappa shape index (κ2) is 6.00. The molecule has 0 aliphatic rings. The number of carbonyl (C=O) groups is 1. The lowest BCUT2D eigenvalue weighted by Crippen LogP contribution is -2.15. The smallest absolute Gasteiger partial charge is 0.365 e. The maximum atomic E-state index is 11.1. The van der Waals surface area contributed by atoms with Gasteiger partial charge >= 0.3 is 7.60 Å². The minimum absolute atomic E-state index is 0.190. The summed E-state index contributed by atoms with van der Waals surface area (Å²) in [6, 6.07) is 6.29. The number of hydrogen-bond acceptors (Lipinski definition) is 3. The second-order valence-electron chi connectivity index (χ2n) is 3.78. The highest BCUT2D eigenvalue weighted by molar-refractivity contribution is 7.52. The molecule has 3 N–H and O–H groups in total. The van der Waals surface area contributed by atoms with E-state index in [1.165, 1.54) is 6.92 Å². The van der Waals surface area contributed by atoms with Crippen LogP contribution in [-0.4, -0.2) is 21.5 Å². The zero-order valence-corrected chi connectivity index (χ0v) is 11.1. The minimum atomic E-state index is -4.27. The zero-order valence-electron chi connectivity index (χ0n) is 10.2. The number of anilines is 1. The van der Waals surface area contributed by atoms with Crippen LogP contribution >= 0.6 is 7.60 Å². The van der Waals surface area contributed by atoms with Crippen molar-refractivity contribution >= 4 is 19.2 Å². The van der Waals surface area contributed by atoms with Gasteiger partial charge < -0.3 is 19.8 Å². The van der Waals surface area contributed by atoms with Crippen LogP contribution < -0.4 is 10.1 Å². The van der Waals surface area contributed by atoms with Crippen LogP contribution in [0, 0.1) is 0 Å². The molecule has 0 aliphatic heterocycles. The van der Waals surface area contributed by atoms with Crippen LogP contribution in [0.2, 0.25) is 0 Å². The van der Waals surface area contributed by atoms with Gasteiger partial charge in [0.15, 0.2) is 5.85 Å². The van der Waals surface area contributed by atoms with Crippen molar-refractivity contribution in [1.29, 1.82) is 0 Å². The van der Waals surface area contributed by atoms with Crippen molar-refractivity contribution in [2.75, 3.05) is 5.32 Å². The zero-order chi connectivity index (χ0) is 13.8. The summed E-state index contributed by atoms with van der Waals surface area (Å²) in [5, 5.41) is 2.58. The van der Waals surface area contributed by atoms with Gasteiger partial charge in [0, 0.05) is 12.6 Å². The molecule has 1 aromatic carbocycles. The van der Waals surface area contributed by atoms with E-state index in [9.17, 15) is 9.36 Å². The van der Waals surface area contributed by atoms with Gasteiger partial charge in [0.2, 0.25) is 5.91 Å². The second-order valence-corrected chi connectivity index (χ2v) is 5.53. The molecule has 0 spiro atoms. The van der Waals surface area contributed by atoms with Crippen molar-refractivity contribution in [2.45, 2.75) is 26.1 Å². The standard InChI is InChI=1S/C11H16NO5P/c1-3-11(18(14,15)16)17-10-6-4-9(5-7-10)12-8(2)13/h4-7,11H,3H2,1-2H3,(H,12,13)(H2,14,15,16). The monoisotopic (exact) mass is 273 g/mol. The van der Waals surface area contributed by atoms with Crippen LogP contribution in [0.3, 0.4) is 0 Å². The van der Waals surface area contributed by atoms with Gasteiger partial charge in [0.25, 0.3) is 0 Å². The van der Waals surface area contributed by atoms with Gasteiger partial charge in [0.05, 0.1) is 0 Å². The summed E-state index contributed by atoms with van der Waals surface area (Å²) in [6.45, 7) is 3.03. The summed E-state index contributed by atoms with van der Waals surface area (Å²) in [4.78, 5) is 28.9. The van der Waals surface area contributed by atoms with Gasteiger partial charge in [-0.25, -0.2) is 0 Å². The fraction of sp³-hybridized carbons (Fsp3) is 0.364. The minimum Gasteiger partial charge on any atom is -0.478 e. The summed E-state index contributed by atoms with van der Waals surface area (Å²) >= 11 is 0. The van der Waals surface area contributed by atoms with E-state index < -0.39 is 13.4 Å². The molecule has 0 saturated heterocycles. The number of amides is 1. The lowest BCUT2D eigenvalue weighted by molar-refractivity contribution is -0.114. The molecule has 0 bridgehead atoms. The maximum Gasteiger partial charge on any atom is 0.365 e. The topological polar surface area (TPSA) is 95.9 Å². The van der Waals surface area contributed by atoms with E-state index in [1.807, 2.05) is 0 Å². The Labute approximate surface area is 105 Å². The van der Waals surface area contributed by atoms with Gasteiger partial charge in [-0.1, -0.05) is 6.92 Å². The summed E-state index contributed by atoms with van der Waals surface area (Å²) < 4.78 is 16.3. The molecule has 6 nitrogen and oxygen atoms in total. The number of ether oxygens (including phenoxy) is 1. The number of benzene rings is 1. The molecule has 0 heterocycles. The van der Waals surface area contributed by atoms with Crippen LogP contribution in [0.1, 0.15) is 20.3 Å². The quantitative estimate of drug-likeness (QED) is 0.712. The predicted molar refractivity (Wildman–Crippen MR) is 67.5 cm³/mol. The van der Waals surface area contributed by atoms with Crippen LogP contribution in [0.4, 0.5) is 5.69 Å². The molecular formula is C11H16NO5P. The highest BCUT2D eigenvalue weighted by Gasteiger charge is 2.28. The van der Waals surface area contributed by atoms with Crippen LogP contribution in [0.15, 0.2) is 24.3 Å². The molecule has 0 saturated carbocycles. The van der Waals surface area contributed by atoms with Crippen LogP contribution in [0.5, 0.6) is 5.75 Å². The fourth-order valence-electron chi connectivity index (χ4n) is 1.37. The maximum absolute atomic E-state index is 11.1. The van der Waals surface area contributed by atoms with Gasteiger partial charge in [-0.2, -0.15) is 0 Å². The Morgan fingerprint density at radius 2 is 1.94 bits per heavy atom. The summed E-state index contributed by atoms with van der Waals surface area (Å²) in [5.41, 5.74) is 0.596. The number of hydrogen-bond donors (Lipinski definition) is 3. The van der Waals surface area contributed by atoms with Gasteiger partial charge in [0.1, 0.15) is 5.75 Å². The first-order valence-corrected chi connectivity index (χ1v) is 7.10. The van der Waals surface area contributed by atoms with Crippen molar-refractivity contribution in [1.82, 2.24) is 0 Å². The highest BCUT2D eigenvalue weighted by Crippen LogP contribution is 2.43. The lowest BCUT2D eigenvalue weighted by Gasteiger charge is -2.18. The van der Waals surface area contributed by atoms with E-state index in [-0.39, 0.29) is 12.3 Å². The summed E-state index contributed by atoms with van der Waals surface area (Å²) in [6.07, 6.45) is 0.206.